The zero-order valence-electron chi connectivity index (χ0n) is 14.5. The summed E-state index contributed by atoms with van der Waals surface area (Å²) in [6.45, 7) is 1.54. The third-order valence-corrected chi connectivity index (χ3v) is 4.72. The van der Waals surface area contributed by atoms with Gasteiger partial charge in [0.25, 0.3) is 11.1 Å². The van der Waals surface area contributed by atoms with Crippen LogP contribution in [0.1, 0.15) is 15.9 Å². The van der Waals surface area contributed by atoms with Crippen LogP contribution >= 0.6 is 11.8 Å². The van der Waals surface area contributed by atoms with Crippen LogP contribution < -0.4 is 10.6 Å². The number of thioether (sulfide) groups is 1. The minimum atomic E-state index is -0.546. The number of nitrogens with one attached hydrogen (secondary N) is 2. The number of carbonyl (C=O) groups excluding carboxylic acids is 4. The Morgan fingerprint density at radius 2 is 1.85 bits per heavy atom. The van der Waals surface area contributed by atoms with E-state index >= 15 is 0 Å². The summed E-state index contributed by atoms with van der Waals surface area (Å²) in [4.78, 5) is 49.0. The number of rotatable bonds is 5. The largest absolute Gasteiger partial charge is 0.324 e. The van der Waals surface area contributed by atoms with Crippen molar-refractivity contribution in [2.45, 2.75) is 6.92 Å². The second kappa shape index (κ2) is 8.05. The lowest BCUT2D eigenvalue weighted by Gasteiger charge is -2.15. The van der Waals surface area contributed by atoms with Gasteiger partial charge >= 0.3 is 0 Å². The average Bonchev–Trinajstić information content (AvgIpc) is 2.94. The molecule has 1 heterocycles. The van der Waals surface area contributed by atoms with Crippen LogP contribution in [0.5, 0.6) is 0 Å². The molecule has 1 fully saturated rings. The molecule has 0 aromatic heterocycles. The maximum Gasteiger partial charge on any atom is 0.289 e. The number of hydrogen-bond acceptors (Lipinski definition) is 5. The Kier molecular flexibility index (Phi) is 5.56. The fourth-order valence-electron chi connectivity index (χ4n) is 2.58. The maximum absolute atomic E-state index is 12.6. The molecule has 0 bridgehead atoms. The van der Waals surface area contributed by atoms with E-state index in [0.717, 1.165) is 22.2 Å². The lowest BCUT2D eigenvalue weighted by molar-refractivity contribution is -0.128. The molecular weight excluding hydrogens is 366 g/mol. The molecule has 8 heteroatoms. The van der Waals surface area contributed by atoms with Crippen LogP contribution in [0.3, 0.4) is 0 Å². The number of hydrogen-bond donors (Lipinski definition) is 2. The summed E-state index contributed by atoms with van der Waals surface area (Å²) < 4.78 is 0. The first-order valence-electron chi connectivity index (χ1n) is 8.18. The first-order chi connectivity index (χ1) is 12.9. The molecule has 2 N–H and O–H groups in total. The number of para-hydroxylation sites is 1. The summed E-state index contributed by atoms with van der Waals surface area (Å²) in [5.41, 5.74) is 2.24. The van der Waals surface area contributed by atoms with Crippen molar-refractivity contribution < 1.29 is 19.2 Å². The molecule has 2 aromatic rings. The lowest BCUT2D eigenvalue weighted by atomic mass is 10.1. The lowest BCUT2D eigenvalue weighted by Crippen LogP contribution is -2.36. The normalized spacial score (nSPS) is 13.6. The number of imide groups is 1. The van der Waals surface area contributed by atoms with E-state index in [2.05, 4.69) is 10.6 Å². The minimum Gasteiger partial charge on any atom is -0.324 e. The van der Waals surface area contributed by atoms with Gasteiger partial charge in [-0.05, 0) is 36.8 Å². The van der Waals surface area contributed by atoms with E-state index in [9.17, 15) is 19.2 Å². The van der Waals surface area contributed by atoms with Crippen molar-refractivity contribution in [1.29, 1.82) is 0 Å². The van der Waals surface area contributed by atoms with E-state index in [1.165, 1.54) is 0 Å². The van der Waals surface area contributed by atoms with Crippen molar-refractivity contribution in [2.75, 3.05) is 22.9 Å². The van der Waals surface area contributed by atoms with Gasteiger partial charge in [-0.3, -0.25) is 24.1 Å². The molecule has 0 aliphatic carbocycles. The SMILES string of the molecule is Cc1cccc(NC(=O)c2ccccc2NC(=O)CN2C(=O)CSC2=O)c1. The molecule has 0 atom stereocenters. The van der Waals surface area contributed by atoms with Crippen LogP contribution in [-0.2, 0) is 9.59 Å². The average molecular weight is 383 g/mol. The molecule has 0 unspecified atom stereocenters. The van der Waals surface area contributed by atoms with E-state index in [1.54, 1.807) is 30.3 Å². The second-order valence-corrected chi connectivity index (χ2v) is 6.88. The second-order valence-electron chi connectivity index (χ2n) is 5.95. The topological polar surface area (TPSA) is 95.6 Å². The Hall–Kier alpha value is -3.13. The highest BCUT2D eigenvalue weighted by molar-refractivity contribution is 8.14. The van der Waals surface area contributed by atoms with Gasteiger partial charge in [0.15, 0.2) is 0 Å². The number of aryl methyl sites for hydroxylation is 1. The van der Waals surface area contributed by atoms with Crippen LogP contribution in [0, 0.1) is 6.92 Å². The number of nitrogens with zero attached hydrogens (tertiary/aromatic N) is 1. The number of carbonyl (C=O) groups is 4. The molecule has 0 saturated carbocycles. The van der Waals surface area contributed by atoms with Crippen molar-refractivity contribution in [3.05, 3.63) is 59.7 Å². The van der Waals surface area contributed by atoms with Crippen LogP contribution in [0.2, 0.25) is 0 Å². The van der Waals surface area contributed by atoms with Gasteiger partial charge in [-0.2, -0.15) is 0 Å². The predicted octanol–water partition coefficient (Wildman–Crippen LogP) is 2.88. The first kappa shape index (κ1) is 18.7. The fourth-order valence-corrected chi connectivity index (χ4v) is 3.30. The molecular formula is C19H17N3O4S. The van der Waals surface area contributed by atoms with Crippen LogP contribution in [0.4, 0.5) is 16.2 Å². The van der Waals surface area contributed by atoms with Crippen molar-refractivity contribution in [3.8, 4) is 0 Å². The van der Waals surface area contributed by atoms with Crippen LogP contribution in [-0.4, -0.2) is 40.2 Å². The third-order valence-electron chi connectivity index (χ3n) is 3.86. The number of benzene rings is 2. The summed E-state index contributed by atoms with van der Waals surface area (Å²) in [6.07, 6.45) is 0. The van der Waals surface area contributed by atoms with Gasteiger partial charge in [-0.25, -0.2) is 0 Å². The van der Waals surface area contributed by atoms with E-state index in [1.807, 2.05) is 25.1 Å². The maximum atomic E-state index is 12.6. The smallest absolute Gasteiger partial charge is 0.289 e. The quantitative estimate of drug-likeness (QED) is 0.828. The molecule has 1 aliphatic heterocycles. The monoisotopic (exact) mass is 383 g/mol. The number of amides is 4. The highest BCUT2D eigenvalue weighted by Gasteiger charge is 2.31. The van der Waals surface area contributed by atoms with Gasteiger partial charge in [-0.15, -0.1) is 0 Å². The molecule has 1 saturated heterocycles. The first-order valence-corrected chi connectivity index (χ1v) is 9.16. The summed E-state index contributed by atoms with van der Waals surface area (Å²) in [7, 11) is 0. The van der Waals surface area contributed by atoms with Gasteiger partial charge in [0.05, 0.1) is 17.0 Å². The standard InChI is InChI=1S/C19H17N3O4S/c1-12-5-4-6-13(9-12)20-18(25)14-7-2-3-8-15(14)21-16(23)10-22-17(24)11-27-19(22)26/h2-9H,10-11H2,1H3,(H,20,25)(H,21,23). The van der Waals surface area contributed by atoms with Crippen molar-refractivity contribution in [2.24, 2.45) is 0 Å². The van der Waals surface area contributed by atoms with Gasteiger partial charge in [0, 0.05) is 5.69 Å². The zero-order chi connectivity index (χ0) is 19.4. The van der Waals surface area contributed by atoms with Gasteiger partial charge in [0.2, 0.25) is 11.8 Å². The van der Waals surface area contributed by atoms with Crippen molar-refractivity contribution >= 4 is 46.1 Å². The van der Waals surface area contributed by atoms with E-state index in [4.69, 9.17) is 0 Å². The molecule has 7 nitrogen and oxygen atoms in total. The molecule has 2 aromatic carbocycles. The van der Waals surface area contributed by atoms with E-state index in [-0.39, 0.29) is 23.8 Å². The highest BCUT2D eigenvalue weighted by Crippen LogP contribution is 2.20. The molecule has 4 amide bonds. The Morgan fingerprint density at radius 3 is 2.56 bits per heavy atom. The summed E-state index contributed by atoms with van der Waals surface area (Å²) in [5.74, 6) is -1.28. The predicted molar refractivity (Wildman–Crippen MR) is 104 cm³/mol. The molecule has 0 radical (unpaired) electrons. The highest BCUT2D eigenvalue weighted by atomic mass is 32.2. The zero-order valence-corrected chi connectivity index (χ0v) is 15.3. The minimum absolute atomic E-state index is 0.0433. The van der Waals surface area contributed by atoms with Crippen LogP contribution in [0.25, 0.3) is 0 Å². The Balaban J connectivity index is 1.71. The van der Waals surface area contributed by atoms with Crippen LogP contribution in [0.15, 0.2) is 48.5 Å². The van der Waals surface area contributed by atoms with Crippen molar-refractivity contribution in [3.63, 3.8) is 0 Å². The molecule has 138 valence electrons. The van der Waals surface area contributed by atoms with Crippen molar-refractivity contribution in [1.82, 2.24) is 4.90 Å². The Labute approximate surface area is 160 Å². The molecule has 1 aliphatic rings. The summed E-state index contributed by atoms with van der Waals surface area (Å²) in [6, 6.07) is 13.9. The molecule has 27 heavy (non-hydrogen) atoms. The number of anilines is 2. The Bertz CT molecular complexity index is 913. The third kappa shape index (κ3) is 4.53. The van der Waals surface area contributed by atoms with E-state index < -0.39 is 17.1 Å². The van der Waals surface area contributed by atoms with E-state index in [0.29, 0.717) is 11.4 Å². The molecule has 3 rings (SSSR count). The summed E-state index contributed by atoms with van der Waals surface area (Å²) >= 11 is 0.866. The Morgan fingerprint density at radius 1 is 1.07 bits per heavy atom. The molecule has 0 spiro atoms. The fraction of sp³-hybridized carbons (Fsp3) is 0.158. The van der Waals surface area contributed by atoms with Gasteiger partial charge in [0.1, 0.15) is 6.54 Å². The van der Waals surface area contributed by atoms with Gasteiger partial charge < -0.3 is 10.6 Å². The van der Waals surface area contributed by atoms with Gasteiger partial charge in [-0.1, -0.05) is 36.0 Å². The summed E-state index contributed by atoms with van der Waals surface area (Å²) in [5, 5.41) is 4.95.